The number of hydrogen-bond donors (Lipinski definition) is 0. The van der Waals surface area contributed by atoms with Crippen LogP contribution in [0.5, 0.6) is 11.5 Å². The van der Waals surface area contributed by atoms with Crippen LogP contribution in [0.4, 0.5) is 4.39 Å². The van der Waals surface area contributed by atoms with Gasteiger partial charge >= 0.3 is 5.97 Å². The zero-order valence-corrected chi connectivity index (χ0v) is 18.8. The number of carbonyl (C=O) groups excluding carboxylic acids is 1. The molecule has 0 unspecified atom stereocenters. The minimum absolute atomic E-state index is 0.121. The molecule has 1 aliphatic rings. The fraction of sp³-hybridized carbons (Fsp3) is 0.222. The highest BCUT2D eigenvalue weighted by Crippen LogP contribution is 2.59. The summed E-state index contributed by atoms with van der Waals surface area (Å²) in [7, 11) is 0. The van der Waals surface area contributed by atoms with Crippen molar-refractivity contribution >= 4 is 17.7 Å². The van der Waals surface area contributed by atoms with Crippen LogP contribution in [0.3, 0.4) is 0 Å². The van der Waals surface area contributed by atoms with Crippen molar-refractivity contribution in [3.63, 3.8) is 0 Å². The van der Waals surface area contributed by atoms with E-state index in [9.17, 15) is 9.18 Å². The summed E-state index contributed by atoms with van der Waals surface area (Å²) in [6.07, 6.45) is 2.05. The highest BCUT2D eigenvalue weighted by atomic mass is 32.2. The van der Waals surface area contributed by atoms with Crippen LogP contribution in [0.25, 0.3) is 0 Å². The van der Waals surface area contributed by atoms with E-state index in [0.717, 1.165) is 16.2 Å². The average Bonchev–Trinajstić information content (AvgIpc) is 3.34. The Balaban J connectivity index is 1.30. The minimum Gasteiger partial charge on any atom is -0.461 e. The van der Waals surface area contributed by atoms with Crippen molar-refractivity contribution in [2.75, 3.05) is 0 Å². The number of ether oxygens (including phenoxy) is 2. The summed E-state index contributed by atoms with van der Waals surface area (Å²) in [6, 6.07) is 23.5. The SMILES string of the molecule is CC1(C)[C@H](C(=O)OCc2cccc(Oc3ccccc3)c2)[C@@H]1C=CSc1ccc(F)cc1. The Hall–Kier alpha value is -3.05. The predicted octanol–water partition coefficient (Wildman–Crippen LogP) is 7.24. The van der Waals surface area contributed by atoms with Crippen molar-refractivity contribution in [2.24, 2.45) is 17.3 Å². The number of esters is 1. The van der Waals surface area contributed by atoms with Crippen LogP contribution in [-0.2, 0) is 16.1 Å². The van der Waals surface area contributed by atoms with Crippen LogP contribution in [0.15, 0.2) is 95.2 Å². The molecule has 3 aromatic carbocycles. The van der Waals surface area contributed by atoms with E-state index in [-0.39, 0.29) is 35.6 Å². The molecule has 3 nitrogen and oxygen atoms in total. The highest BCUT2D eigenvalue weighted by Gasteiger charge is 2.61. The van der Waals surface area contributed by atoms with Crippen LogP contribution in [0.1, 0.15) is 19.4 Å². The molecule has 0 N–H and O–H groups in total. The topological polar surface area (TPSA) is 35.5 Å². The first-order chi connectivity index (χ1) is 15.4. The van der Waals surface area contributed by atoms with Crippen LogP contribution >= 0.6 is 11.8 Å². The molecule has 0 heterocycles. The second-order valence-electron chi connectivity index (χ2n) is 8.40. The summed E-state index contributed by atoms with van der Waals surface area (Å²) in [6.45, 7) is 4.35. The first-order valence-electron chi connectivity index (χ1n) is 10.5. The lowest BCUT2D eigenvalue weighted by Gasteiger charge is -2.09. The largest absolute Gasteiger partial charge is 0.461 e. The van der Waals surface area contributed by atoms with E-state index in [0.29, 0.717) is 5.75 Å². The molecule has 2 atom stereocenters. The molecule has 0 aromatic heterocycles. The van der Waals surface area contributed by atoms with Crippen LogP contribution < -0.4 is 4.74 Å². The fourth-order valence-electron chi connectivity index (χ4n) is 3.77. The highest BCUT2D eigenvalue weighted by molar-refractivity contribution is 8.02. The molecule has 164 valence electrons. The standard InChI is InChI=1S/C27H25FO3S/c1-27(2)24(15-16-32-23-13-11-20(28)12-14-23)25(27)26(29)30-18-19-7-6-10-22(17-19)31-21-8-4-3-5-9-21/h3-17,24-25H,18H2,1-2H3/t24-,25-/m0/s1. The first kappa shape index (κ1) is 22.2. The van der Waals surface area contributed by atoms with Crippen molar-refractivity contribution in [2.45, 2.75) is 25.3 Å². The number of benzene rings is 3. The molecule has 1 fully saturated rings. The number of para-hydroxylation sites is 1. The molecular weight excluding hydrogens is 423 g/mol. The van der Waals surface area contributed by atoms with Gasteiger partial charge in [0.25, 0.3) is 0 Å². The molecule has 0 amide bonds. The summed E-state index contributed by atoms with van der Waals surface area (Å²) in [5.74, 6) is 0.976. The first-order valence-corrected chi connectivity index (χ1v) is 11.4. The van der Waals surface area contributed by atoms with Gasteiger partial charge in [0.15, 0.2) is 0 Å². The Labute approximate surface area is 192 Å². The normalized spacial score (nSPS) is 19.0. The third-order valence-corrected chi connectivity index (χ3v) is 6.56. The van der Waals surface area contributed by atoms with Crippen molar-refractivity contribution < 1.29 is 18.7 Å². The minimum atomic E-state index is -0.248. The maximum atomic E-state index is 13.0. The van der Waals surface area contributed by atoms with Gasteiger partial charge in [-0.3, -0.25) is 4.79 Å². The van der Waals surface area contributed by atoms with E-state index in [1.165, 1.54) is 23.9 Å². The van der Waals surface area contributed by atoms with Gasteiger partial charge in [-0.1, -0.05) is 62.0 Å². The predicted molar refractivity (Wildman–Crippen MR) is 125 cm³/mol. The zero-order chi connectivity index (χ0) is 22.6. The quantitative estimate of drug-likeness (QED) is 0.269. The molecule has 4 rings (SSSR count). The van der Waals surface area contributed by atoms with Gasteiger partial charge in [0.2, 0.25) is 0 Å². The van der Waals surface area contributed by atoms with Gasteiger partial charge in [0, 0.05) is 4.90 Å². The number of rotatable bonds is 8. The molecule has 32 heavy (non-hydrogen) atoms. The molecule has 0 spiro atoms. The van der Waals surface area contributed by atoms with E-state index in [2.05, 4.69) is 13.8 Å². The van der Waals surface area contributed by atoms with E-state index in [1.54, 1.807) is 12.1 Å². The number of allylic oxidation sites excluding steroid dienone is 1. The smallest absolute Gasteiger partial charge is 0.310 e. The van der Waals surface area contributed by atoms with Crippen molar-refractivity contribution in [3.8, 4) is 11.5 Å². The molecule has 0 aliphatic heterocycles. The Kier molecular flexibility index (Phi) is 6.66. The Morgan fingerprint density at radius 1 is 1.00 bits per heavy atom. The summed E-state index contributed by atoms with van der Waals surface area (Å²) < 4.78 is 24.5. The molecule has 0 saturated heterocycles. The van der Waals surface area contributed by atoms with E-state index in [4.69, 9.17) is 9.47 Å². The molecule has 0 radical (unpaired) electrons. The lowest BCUT2D eigenvalue weighted by atomic mass is 10.1. The third kappa shape index (κ3) is 5.40. The van der Waals surface area contributed by atoms with Crippen molar-refractivity contribution in [1.82, 2.24) is 0 Å². The van der Waals surface area contributed by atoms with Gasteiger partial charge in [0.1, 0.15) is 23.9 Å². The van der Waals surface area contributed by atoms with Gasteiger partial charge in [-0.05, 0) is 70.8 Å². The number of halogens is 1. The van der Waals surface area contributed by atoms with Crippen molar-refractivity contribution in [3.05, 3.63) is 102 Å². The summed E-state index contributed by atoms with van der Waals surface area (Å²) in [5.41, 5.74) is 0.735. The van der Waals surface area contributed by atoms with Crippen LogP contribution in [0, 0.1) is 23.1 Å². The molecule has 5 heteroatoms. The van der Waals surface area contributed by atoms with Gasteiger partial charge < -0.3 is 9.47 Å². The van der Waals surface area contributed by atoms with Gasteiger partial charge in [-0.15, -0.1) is 0 Å². The monoisotopic (exact) mass is 448 g/mol. The summed E-state index contributed by atoms with van der Waals surface area (Å²) in [4.78, 5) is 13.7. The molecule has 1 saturated carbocycles. The van der Waals surface area contributed by atoms with Crippen LogP contribution in [0.2, 0.25) is 0 Å². The second-order valence-corrected chi connectivity index (χ2v) is 9.37. The lowest BCUT2D eigenvalue weighted by molar-refractivity contribution is -0.147. The Morgan fingerprint density at radius 3 is 2.47 bits per heavy atom. The average molecular weight is 449 g/mol. The molecule has 0 bridgehead atoms. The van der Waals surface area contributed by atoms with E-state index < -0.39 is 0 Å². The van der Waals surface area contributed by atoms with Crippen LogP contribution in [-0.4, -0.2) is 5.97 Å². The van der Waals surface area contributed by atoms with Crippen molar-refractivity contribution in [1.29, 1.82) is 0 Å². The molecular formula is C27H25FO3S. The number of hydrogen-bond acceptors (Lipinski definition) is 4. The van der Waals surface area contributed by atoms with Gasteiger partial charge in [-0.2, -0.15) is 0 Å². The van der Waals surface area contributed by atoms with E-state index in [1.807, 2.05) is 66.1 Å². The van der Waals surface area contributed by atoms with Gasteiger partial charge in [0.05, 0.1) is 5.92 Å². The summed E-state index contributed by atoms with van der Waals surface area (Å²) in [5, 5.41) is 1.97. The van der Waals surface area contributed by atoms with Gasteiger partial charge in [-0.25, -0.2) is 4.39 Å². The number of carbonyl (C=O) groups is 1. The van der Waals surface area contributed by atoms with E-state index >= 15 is 0 Å². The Morgan fingerprint density at radius 2 is 1.72 bits per heavy atom. The number of thioether (sulfide) groups is 1. The maximum Gasteiger partial charge on any atom is 0.310 e. The summed E-state index contributed by atoms with van der Waals surface area (Å²) >= 11 is 1.51. The molecule has 1 aliphatic carbocycles. The maximum absolute atomic E-state index is 13.0. The molecule has 3 aromatic rings. The Bertz CT molecular complexity index is 1090. The zero-order valence-electron chi connectivity index (χ0n) is 18.0. The fourth-order valence-corrected chi connectivity index (χ4v) is 4.47. The lowest BCUT2D eigenvalue weighted by Crippen LogP contribution is -2.10. The third-order valence-electron chi connectivity index (χ3n) is 5.73. The second kappa shape index (κ2) is 9.61.